The summed E-state index contributed by atoms with van der Waals surface area (Å²) >= 11 is 0. The van der Waals surface area contributed by atoms with Crippen LogP contribution in [-0.2, 0) is 0 Å². The standard InChI is InChI=1S/C10H7F5N2/c11-8-6(5-16)1-2-7(9(8)12)17-4-3-10(13,14)15/h1-2,17H,3-4H2. The van der Waals surface area contributed by atoms with Gasteiger partial charge >= 0.3 is 6.18 Å². The maximum absolute atomic E-state index is 13.2. The topological polar surface area (TPSA) is 35.8 Å². The molecule has 1 N–H and O–H groups in total. The van der Waals surface area contributed by atoms with Gasteiger partial charge in [-0.05, 0) is 12.1 Å². The van der Waals surface area contributed by atoms with E-state index in [4.69, 9.17) is 5.26 Å². The Labute approximate surface area is 93.7 Å². The molecule has 0 radical (unpaired) electrons. The Morgan fingerprint density at radius 2 is 1.82 bits per heavy atom. The van der Waals surface area contributed by atoms with E-state index in [2.05, 4.69) is 5.32 Å². The summed E-state index contributed by atoms with van der Waals surface area (Å²) in [6.07, 6.45) is -5.53. The van der Waals surface area contributed by atoms with E-state index in [1.54, 1.807) is 0 Å². The largest absolute Gasteiger partial charge is 0.390 e. The molecule has 0 amide bonds. The summed E-state index contributed by atoms with van der Waals surface area (Å²) in [6.45, 7) is -0.564. The lowest BCUT2D eigenvalue weighted by Gasteiger charge is -2.10. The van der Waals surface area contributed by atoms with Gasteiger partial charge in [-0.1, -0.05) is 0 Å². The zero-order chi connectivity index (χ0) is 13.1. The lowest BCUT2D eigenvalue weighted by molar-refractivity contribution is -0.131. The van der Waals surface area contributed by atoms with Gasteiger partial charge in [0.25, 0.3) is 0 Å². The van der Waals surface area contributed by atoms with Crippen molar-refractivity contribution >= 4 is 5.69 Å². The van der Waals surface area contributed by atoms with Crippen LogP contribution < -0.4 is 5.32 Å². The van der Waals surface area contributed by atoms with Crippen LogP contribution in [0, 0.1) is 23.0 Å². The third kappa shape index (κ3) is 3.59. The van der Waals surface area contributed by atoms with Gasteiger partial charge in [-0.2, -0.15) is 18.4 Å². The summed E-state index contributed by atoms with van der Waals surface area (Å²) in [5.74, 6) is -2.73. The Morgan fingerprint density at radius 1 is 1.18 bits per heavy atom. The Hall–Kier alpha value is -1.84. The van der Waals surface area contributed by atoms with Crippen molar-refractivity contribution in [1.29, 1.82) is 5.26 Å². The van der Waals surface area contributed by atoms with Gasteiger partial charge in [0.2, 0.25) is 0 Å². The van der Waals surface area contributed by atoms with Gasteiger partial charge in [0.05, 0.1) is 17.7 Å². The van der Waals surface area contributed by atoms with Crippen molar-refractivity contribution in [2.24, 2.45) is 0 Å². The molecular weight excluding hydrogens is 243 g/mol. The minimum atomic E-state index is -4.37. The van der Waals surface area contributed by atoms with Gasteiger partial charge in [-0.3, -0.25) is 0 Å². The molecule has 0 bridgehead atoms. The summed E-state index contributed by atoms with van der Waals surface area (Å²) in [6, 6.07) is 3.44. The van der Waals surface area contributed by atoms with E-state index in [1.165, 1.54) is 6.07 Å². The van der Waals surface area contributed by atoms with Crippen LogP contribution in [0.4, 0.5) is 27.6 Å². The van der Waals surface area contributed by atoms with Crippen LogP contribution in [-0.4, -0.2) is 12.7 Å². The van der Waals surface area contributed by atoms with Crippen LogP contribution >= 0.6 is 0 Å². The third-order valence-corrected chi connectivity index (χ3v) is 1.93. The second-order valence-corrected chi connectivity index (χ2v) is 3.19. The molecule has 0 aliphatic rings. The fraction of sp³-hybridized carbons (Fsp3) is 0.300. The number of rotatable bonds is 3. The van der Waals surface area contributed by atoms with Gasteiger partial charge in [0.1, 0.15) is 6.07 Å². The molecule has 0 heterocycles. The van der Waals surface area contributed by atoms with Crippen LogP contribution in [0.2, 0.25) is 0 Å². The predicted molar refractivity (Wildman–Crippen MR) is 50.2 cm³/mol. The van der Waals surface area contributed by atoms with E-state index in [-0.39, 0.29) is 0 Å². The molecule has 0 aliphatic heterocycles. The third-order valence-electron chi connectivity index (χ3n) is 1.93. The normalized spacial score (nSPS) is 11.1. The Bertz CT molecular complexity index is 447. The maximum atomic E-state index is 13.2. The molecule has 2 nitrogen and oxygen atoms in total. The van der Waals surface area contributed by atoms with Crippen molar-refractivity contribution in [1.82, 2.24) is 0 Å². The highest BCUT2D eigenvalue weighted by molar-refractivity contribution is 5.49. The lowest BCUT2D eigenvalue weighted by atomic mass is 10.2. The molecule has 17 heavy (non-hydrogen) atoms. The van der Waals surface area contributed by atoms with Crippen LogP contribution in [0.1, 0.15) is 12.0 Å². The van der Waals surface area contributed by atoms with E-state index in [0.29, 0.717) is 0 Å². The molecule has 7 heteroatoms. The first-order chi connectivity index (χ1) is 7.85. The van der Waals surface area contributed by atoms with Crippen LogP contribution in [0.25, 0.3) is 0 Å². The molecule has 0 aliphatic carbocycles. The summed E-state index contributed by atoms with van der Waals surface area (Å²) in [5, 5.41) is 10.5. The minimum Gasteiger partial charge on any atom is -0.382 e. The molecule has 0 unspecified atom stereocenters. The number of hydrogen-bond donors (Lipinski definition) is 1. The van der Waals surface area contributed by atoms with Crippen LogP contribution in [0.15, 0.2) is 12.1 Å². The first kappa shape index (κ1) is 13.2. The number of hydrogen-bond acceptors (Lipinski definition) is 2. The maximum Gasteiger partial charge on any atom is 0.390 e. The number of alkyl halides is 3. The molecule has 1 rings (SSSR count). The van der Waals surface area contributed by atoms with Crippen LogP contribution in [0.5, 0.6) is 0 Å². The molecule has 0 fully saturated rings. The molecule has 0 aromatic heterocycles. The Kier molecular flexibility index (Phi) is 3.89. The van der Waals surface area contributed by atoms with Crippen molar-refractivity contribution in [3.8, 4) is 6.07 Å². The average molecular weight is 250 g/mol. The van der Waals surface area contributed by atoms with Crippen molar-refractivity contribution in [2.75, 3.05) is 11.9 Å². The smallest absolute Gasteiger partial charge is 0.382 e. The molecule has 0 saturated carbocycles. The second kappa shape index (κ2) is 4.99. The monoisotopic (exact) mass is 250 g/mol. The molecule has 0 atom stereocenters. The number of nitrogens with one attached hydrogen (secondary N) is 1. The van der Waals surface area contributed by atoms with Gasteiger partial charge in [0.15, 0.2) is 11.6 Å². The quantitative estimate of drug-likeness (QED) is 0.836. The first-order valence-corrected chi connectivity index (χ1v) is 4.54. The number of benzene rings is 1. The highest BCUT2D eigenvalue weighted by atomic mass is 19.4. The van der Waals surface area contributed by atoms with Gasteiger partial charge in [-0.25, -0.2) is 8.78 Å². The molecule has 0 saturated heterocycles. The number of halogens is 5. The number of anilines is 1. The van der Waals surface area contributed by atoms with E-state index in [0.717, 1.165) is 12.1 Å². The first-order valence-electron chi connectivity index (χ1n) is 4.54. The van der Waals surface area contributed by atoms with E-state index in [1.807, 2.05) is 0 Å². The van der Waals surface area contributed by atoms with Crippen molar-refractivity contribution in [2.45, 2.75) is 12.6 Å². The van der Waals surface area contributed by atoms with Crippen molar-refractivity contribution in [3.63, 3.8) is 0 Å². The molecule has 0 spiro atoms. The van der Waals surface area contributed by atoms with Gasteiger partial charge in [-0.15, -0.1) is 0 Å². The number of nitrogens with zero attached hydrogens (tertiary/aromatic N) is 1. The Morgan fingerprint density at radius 3 is 2.35 bits per heavy atom. The van der Waals surface area contributed by atoms with E-state index >= 15 is 0 Å². The second-order valence-electron chi connectivity index (χ2n) is 3.19. The fourth-order valence-electron chi connectivity index (χ4n) is 1.11. The van der Waals surface area contributed by atoms with E-state index in [9.17, 15) is 22.0 Å². The Balaban J connectivity index is 2.74. The predicted octanol–water partition coefficient (Wildman–Crippen LogP) is 3.20. The minimum absolute atomic E-state index is 0.397. The fourth-order valence-corrected chi connectivity index (χ4v) is 1.11. The summed E-state index contributed by atoms with van der Waals surface area (Å²) in [4.78, 5) is 0. The summed E-state index contributed by atoms with van der Waals surface area (Å²) < 4.78 is 61.7. The molecular formula is C10H7F5N2. The number of nitriles is 1. The zero-order valence-corrected chi connectivity index (χ0v) is 8.41. The molecule has 1 aromatic carbocycles. The summed E-state index contributed by atoms with van der Waals surface area (Å²) in [5.41, 5.74) is -0.894. The van der Waals surface area contributed by atoms with E-state index < -0.39 is 42.0 Å². The van der Waals surface area contributed by atoms with Crippen molar-refractivity contribution in [3.05, 3.63) is 29.3 Å². The molecule has 1 aromatic rings. The SMILES string of the molecule is N#Cc1ccc(NCCC(F)(F)F)c(F)c1F. The van der Waals surface area contributed by atoms with Gasteiger partial charge in [0, 0.05) is 6.54 Å². The highest BCUT2D eigenvalue weighted by Gasteiger charge is 2.26. The summed E-state index contributed by atoms with van der Waals surface area (Å²) in [7, 11) is 0. The zero-order valence-electron chi connectivity index (χ0n) is 8.41. The van der Waals surface area contributed by atoms with Crippen molar-refractivity contribution < 1.29 is 22.0 Å². The van der Waals surface area contributed by atoms with Gasteiger partial charge < -0.3 is 5.32 Å². The lowest BCUT2D eigenvalue weighted by Crippen LogP contribution is -2.15. The average Bonchev–Trinajstić information content (AvgIpc) is 2.23. The molecule has 92 valence electrons. The van der Waals surface area contributed by atoms with Crippen LogP contribution in [0.3, 0.4) is 0 Å². The highest BCUT2D eigenvalue weighted by Crippen LogP contribution is 2.22.